The Kier molecular flexibility index (Phi) is 10.5. The summed E-state index contributed by atoms with van der Waals surface area (Å²) in [4.78, 5) is 29.4. The first-order valence-corrected chi connectivity index (χ1v) is 17.2. The van der Waals surface area contributed by atoms with E-state index < -0.39 is 35.8 Å². The van der Waals surface area contributed by atoms with Crippen molar-refractivity contribution in [2.24, 2.45) is 0 Å². The number of alkyl halides is 6. The number of amides is 2. The SMILES string of the molecule is O=C(NC1CCN(CCCCC2(C(=O)NCC(F)(F)F)c3ccccc3-c3ccccc32)CC1)c1cc(Cl)ccc1-c1ccc(C(F)(F)F)cc1. The number of piperidine rings is 1. The second-order valence-corrected chi connectivity index (χ2v) is 13.5. The van der Waals surface area contributed by atoms with Gasteiger partial charge in [-0.2, -0.15) is 26.3 Å². The summed E-state index contributed by atoms with van der Waals surface area (Å²) in [6, 6.07) is 24.0. The first-order valence-electron chi connectivity index (χ1n) is 16.8. The maximum Gasteiger partial charge on any atom is 0.416 e. The van der Waals surface area contributed by atoms with Crippen molar-refractivity contribution in [1.82, 2.24) is 15.5 Å². The fourth-order valence-electron chi connectivity index (χ4n) is 7.37. The molecule has 2 amide bonds. The second-order valence-electron chi connectivity index (χ2n) is 13.1. The Bertz CT molecular complexity index is 1840. The molecule has 12 heteroatoms. The summed E-state index contributed by atoms with van der Waals surface area (Å²) in [5, 5.41) is 5.57. The van der Waals surface area contributed by atoms with Crippen molar-refractivity contribution < 1.29 is 35.9 Å². The smallest absolute Gasteiger partial charge is 0.349 e. The number of carbonyl (C=O) groups is 2. The number of rotatable bonds is 10. The van der Waals surface area contributed by atoms with Gasteiger partial charge in [0.1, 0.15) is 12.0 Å². The van der Waals surface area contributed by atoms with E-state index in [-0.39, 0.29) is 17.5 Å². The Labute approximate surface area is 297 Å². The minimum absolute atomic E-state index is 0.125. The number of halogens is 7. The lowest BCUT2D eigenvalue weighted by Crippen LogP contribution is -2.47. The first kappa shape index (κ1) is 36.4. The van der Waals surface area contributed by atoms with Crippen LogP contribution in [0, 0.1) is 0 Å². The van der Waals surface area contributed by atoms with Crippen LogP contribution in [0.5, 0.6) is 0 Å². The van der Waals surface area contributed by atoms with E-state index >= 15 is 0 Å². The van der Waals surface area contributed by atoms with E-state index in [1.807, 2.05) is 36.4 Å². The van der Waals surface area contributed by atoms with Crippen molar-refractivity contribution in [2.45, 2.75) is 55.9 Å². The molecule has 1 fully saturated rings. The minimum Gasteiger partial charge on any atom is -0.349 e. The maximum atomic E-state index is 13.7. The van der Waals surface area contributed by atoms with E-state index in [4.69, 9.17) is 11.6 Å². The molecule has 0 atom stereocenters. The van der Waals surface area contributed by atoms with Crippen LogP contribution in [-0.4, -0.2) is 55.1 Å². The molecule has 0 aromatic heterocycles. The minimum atomic E-state index is -4.54. The van der Waals surface area contributed by atoms with Gasteiger partial charge in [0.25, 0.3) is 5.91 Å². The van der Waals surface area contributed by atoms with Crippen LogP contribution in [0.2, 0.25) is 5.02 Å². The lowest BCUT2D eigenvalue weighted by atomic mass is 9.73. The fourth-order valence-corrected chi connectivity index (χ4v) is 7.54. The summed E-state index contributed by atoms with van der Waals surface area (Å²) in [5.74, 6) is -1.02. The molecule has 4 aromatic carbocycles. The molecule has 6 rings (SSSR count). The van der Waals surface area contributed by atoms with Crippen molar-refractivity contribution in [3.05, 3.63) is 118 Å². The first-order chi connectivity index (χ1) is 24.3. The van der Waals surface area contributed by atoms with Crippen LogP contribution in [0.15, 0.2) is 91.0 Å². The molecule has 1 aliphatic carbocycles. The van der Waals surface area contributed by atoms with Gasteiger partial charge in [0.15, 0.2) is 0 Å². The molecule has 51 heavy (non-hydrogen) atoms. The number of hydrogen-bond donors (Lipinski definition) is 2. The molecule has 0 spiro atoms. The topological polar surface area (TPSA) is 61.4 Å². The van der Waals surface area contributed by atoms with E-state index in [2.05, 4.69) is 15.5 Å². The molecule has 1 heterocycles. The average Bonchev–Trinajstić information content (AvgIpc) is 3.39. The molecule has 0 bridgehead atoms. The number of hydrogen-bond acceptors (Lipinski definition) is 3. The summed E-state index contributed by atoms with van der Waals surface area (Å²) < 4.78 is 78.8. The molecule has 1 saturated heterocycles. The van der Waals surface area contributed by atoms with E-state index in [9.17, 15) is 35.9 Å². The largest absolute Gasteiger partial charge is 0.416 e. The predicted octanol–water partition coefficient (Wildman–Crippen LogP) is 9.04. The lowest BCUT2D eigenvalue weighted by Gasteiger charge is -2.33. The van der Waals surface area contributed by atoms with Gasteiger partial charge in [-0.05, 0) is 89.9 Å². The molecule has 4 aromatic rings. The highest BCUT2D eigenvalue weighted by atomic mass is 35.5. The van der Waals surface area contributed by atoms with Crippen LogP contribution in [-0.2, 0) is 16.4 Å². The van der Waals surface area contributed by atoms with Gasteiger partial charge in [0.2, 0.25) is 5.91 Å². The van der Waals surface area contributed by atoms with E-state index in [0.717, 1.165) is 29.8 Å². The highest BCUT2D eigenvalue weighted by Gasteiger charge is 2.49. The third-order valence-corrected chi connectivity index (χ3v) is 10.1. The molecule has 2 N–H and O–H groups in total. The van der Waals surface area contributed by atoms with Gasteiger partial charge < -0.3 is 15.5 Å². The average molecular weight is 728 g/mol. The molecule has 0 saturated carbocycles. The Hall–Kier alpha value is -4.35. The molecular weight excluding hydrogens is 692 g/mol. The Morgan fingerprint density at radius 3 is 1.98 bits per heavy atom. The highest BCUT2D eigenvalue weighted by molar-refractivity contribution is 6.31. The Morgan fingerprint density at radius 2 is 1.39 bits per heavy atom. The Morgan fingerprint density at radius 1 is 0.784 bits per heavy atom. The zero-order chi connectivity index (χ0) is 36.4. The van der Waals surface area contributed by atoms with Crippen LogP contribution in [0.4, 0.5) is 26.3 Å². The fraction of sp³-hybridized carbons (Fsp3) is 0.333. The Balaban J connectivity index is 1.06. The molecule has 5 nitrogen and oxygen atoms in total. The summed E-state index contributed by atoms with van der Waals surface area (Å²) in [5.41, 5.74) is 2.31. The third-order valence-electron chi connectivity index (χ3n) is 9.85. The molecule has 0 unspecified atom stereocenters. The zero-order valence-corrected chi connectivity index (χ0v) is 28.3. The van der Waals surface area contributed by atoms with E-state index in [1.54, 1.807) is 24.3 Å². The van der Waals surface area contributed by atoms with Gasteiger partial charge in [-0.3, -0.25) is 9.59 Å². The van der Waals surface area contributed by atoms with Gasteiger partial charge in [-0.25, -0.2) is 0 Å². The number of unbranched alkanes of at least 4 members (excludes halogenated alkanes) is 1. The van der Waals surface area contributed by atoms with E-state index in [0.29, 0.717) is 72.5 Å². The standard InChI is InChI=1S/C39H36ClF6N3O2/c40-27-15-16-29(25-11-13-26(14-12-25)39(44,45)46)32(23-27)35(50)48-28-17-21-49(22-18-28)20-6-5-19-37(36(51)47-24-38(41,42)43)33-9-3-1-7-30(33)31-8-2-4-10-34(31)37/h1-4,7-16,23,28H,5-6,17-22,24H2,(H,47,51)(H,48,50). The van der Waals surface area contributed by atoms with E-state index in [1.165, 1.54) is 18.2 Å². The number of benzene rings is 4. The monoisotopic (exact) mass is 727 g/mol. The summed E-state index contributed by atoms with van der Waals surface area (Å²) in [7, 11) is 0. The van der Waals surface area contributed by atoms with Crippen LogP contribution >= 0.6 is 11.6 Å². The number of carbonyl (C=O) groups excluding carboxylic acids is 2. The van der Waals surface area contributed by atoms with Gasteiger partial charge in [0.05, 0.1) is 5.56 Å². The predicted molar refractivity (Wildman–Crippen MR) is 184 cm³/mol. The number of likely N-dealkylation sites (tertiary alicyclic amines) is 1. The van der Waals surface area contributed by atoms with Gasteiger partial charge in [0, 0.05) is 29.7 Å². The normalized spacial score (nSPS) is 16.0. The van der Waals surface area contributed by atoms with Gasteiger partial charge >= 0.3 is 12.4 Å². The lowest BCUT2D eigenvalue weighted by molar-refractivity contribution is -0.141. The van der Waals surface area contributed by atoms with Crippen molar-refractivity contribution in [3.63, 3.8) is 0 Å². The third kappa shape index (κ3) is 7.94. The van der Waals surface area contributed by atoms with Crippen molar-refractivity contribution in [2.75, 3.05) is 26.2 Å². The molecule has 0 radical (unpaired) electrons. The highest BCUT2D eigenvalue weighted by Crippen LogP contribution is 2.51. The number of nitrogens with zero attached hydrogens (tertiary/aromatic N) is 1. The maximum absolute atomic E-state index is 13.7. The summed E-state index contributed by atoms with van der Waals surface area (Å²) in [6.07, 6.45) is -6.01. The van der Waals surface area contributed by atoms with Crippen molar-refractivity contribution >= 4 is 23.4 Å². The van der Waals surface area contributed by atoms with Crippen LogP contribution < -0.4 is 10.6 Å². The van der Waals surface area contributed by atoms with Gasteiger partial charge in [-0.15, -0.1) is 0 Å². The molecule has 1 aliphatic heterocycles. The zero-order valence-electron chi connectivity index (χ0n) is 27.5. The summed E-state index contributed by atoms with van der Waals surface area (Å²) in [6.45, 7) is 0.720. The van der Waals surface area contributed by atoms with Crippen molar-refractivity contribution in [1.29, 1.82) is 0 Å². The summed E-state index contributed by atoms with van der Waals surface area (Å²) >= 11 is 6.20. The molecule has 268 valence electrons. The quantitative estimate of drug-likeness (QED) is 0.127. The number of fused-ring (bicyclic) bond motifs is 3. The number of nitrogens with one attached hydrogen (secondary N) is 2. The molecule has 2 aliphatic rings. The van der Waals surface area contributed by atoms with Crippen molar-refractivity contribution in [3.8, 4) is 22.3 Å². The van der Waals surface area contributed by atoms with Crippen LogP contribution in [0.3, 0.4) is 0 Å². The van der Waals surface area contributed by atoms with Crippen LogP contribution in [0.1, 0.15) is 59.2 Å². The van der Waals surface area contributed by atoms with Crippen LogP contribution in [0.25, 0.3) is 22.3 Å². The van der Waals surface area contributed by atoms with Gasteiger partial charge in [-0.1, -0.05) is 84.8 Å². The second kappa shape index (κ2) is 14.7. The molecular formula is C39H36ClF6N3O2.